The summed E-state index contributed by atoms with van der Waals surface area (Å²) in [5.41, 5.74) is 0.761. The molecule has 0 saturated heterocycles. The normalized spacial score (nSPS) is 10.6. The Kier molecular flexibility index (Phi) is 5.60. The van der Waals surface area contributed by atoms with Gasteiger partial charge in [0.1, 0.15) is 11.6 Å². The zero-order valence-corrected chi connectivity index (χ0v) is 12.4. The predicted octanol–water partition coefficient (Wildman–Crippen LogP) is 3.58. The smallest absolute Gasteiger partial charge is 0.202 e. The van der Waals surface area contributed by atoms with Gasteiger partial charge in [0.25, 0.3) is 0 Å². The van der Waals surface area contributed by atoms with Crippen molar-refractivity contribution < 1.29 is 4.39 Å². The van der Waals surface area contributed by atoms with E-state index in [4.69, 9.17) is 0 Å². The molecule has 0 aliphatic rings. The van der Waals surface area contributed by atoms with Gasteiger partial charge in [-0.2, -0.15) is 16.1 Å². The minimum atomic E-state index is -0.125. The van der Waals surface area contributed by atoms with Crippen molar-refractivity contribution >= 4 is 28.4 Å². The zero-order valence-electron chi connectivity index (χ0n) is 10.7. The lowest BCUT2D eigenvalue weighted by atomic mass is 10.2. The van der Waals surface area contributed by atoms with Crippen molar-refractivity contribution in [3.05, 3.63) is 41.5 Å². The van der Waals surface area contributed by atoms with Crippen LogP contribution in [0, 0.1) is 5.82 Å². The first-order valence-electron chi connectivity index (χ1n) is 6.17. The summed E-state index contributed by atoms with van der Waals surface area (Å²) in [6.07, 6.45) is 0.861. The second-order valence-corrected chi connectivity index (χ2v) is 5.80. The van der Waals surface area contributed by atoms with E-state index in [1.807, 2.05) is 19.1 Å². The summed E-state index contributed by atoms with van der Waals surface area (Å²) in [5.74, 6) is 2.37. The fraction of sp³-hybridized carbons (Fsp3) is 0.385. The van der Waals surface area contributed by atoms with Crippen molar-refractivity contribution in [1.29, 1.82) is 0 Å². The SMILES string of the molecule is CCc1nsc(NCCSCc2ccccc2F)n1. The molecule has 3 nitrogen and oxygen atoms in total. The van der Waals surface area contributed by atoms with E-state index in [0.717, 1.165) is 35.2 Å². The Morgan fingerprint density at radius 1 is 1.37 bits per heavy atom. The number of aryl methyl sites for hydroxylation is 1. The van der Waals surface area contributed by atoms with Crippen LogP contribution >= 0.6 is 23.3 Å². The Morgan fingerprint density at radius 3 is 2.95 bits per heavy atom. The van der Waals surface area contributed by atoms with Crippen molar-refractivity contribution in [3.63, 3.8) is 0 Å². The Morgan fingerprint density at radius 2 is 2.21 bits per heavy atom. The number of hydrogen-bond donors (Lipinski definition) is 1. The molecule has 102 valence electrons. The maximum Gasteiger partial charge on any atom is 0.202 e. The average Bonchev–Trinajstić information content (AvgIpc) is 2.88. The van der Waals surface area contributed by atoms with Crippen molar-refractivity contribution in [3.8, 4) is 0 Å². The summed E-state index contributed by atoms with van der Waals surface area (Å²) in [7, 11) is 0. The van der Waals surface area contributed by atoms with E-state index in [1.165, 1.54) is 17.6 Å². The molecule has 19 heavy (non-hydrogen) atoms. The molecule has 0 aliphatic heterocycles. The monoisotopic (exact) mass is 297 g/mol. The molecule has 0 spiro atoms. The van der Waals surface area contributed by atoms with Crippen LogP contribution in [-0.2, 0) is 12.2 Å². The number of nitrogens with one attached hydrogen (secondary N) is 1. The lowest BCUT2D eigenvalue weighted by molar-refractivity contribution is 0.617. The fourth-order valence-electron chi connectivity index (χ4n) is 1.50. The van der Waals surface area contributed by atoms with Gasteiger partial charge in [0.15, 0.2) is 0 Å². The molecular weight excluding hydrogens is 281 g/mol. The molecule has 1 heterocycles. The lowest BCUT2D eigenvalue weighted by Gasteiger charge is -2.04. The highest BCUT2D eigenvalue weighted by atomic mass is 32.2. The van der Waals surface area contributed by atoms with E-state index in [-0.39, 0.29) is 5.82 Å². The molecule has 0 saturated carbocycles. The Bertz CT molecular complexity index is 516. The van der Waals surface area contributed by atoms with Gasteiger partial charge in [0, 0.05) is 36.0 Å². The molecular formula is C13H16FN3S2. The third-order valence-electron chi connectivity index (χ3n) is 2.52. The highest BCUT2D eigenvalue weighted by Crippen LogP contribution is 2.16. The lowest BCUT2D eigenvalue weighted by Crippen LogP contribution is -2.04. The Labute approximate surface area is 120 Å². The number of aromatic nitrogens is 2. The van der Waals surface area contributed by atoms with Gasteiger partial charge in [-0.1, -0.05) is 25.1 Å². The van der Waals surface area contributed by atoms with Gasteiger partial charge < -0.3 is 5.32 Å². The molecule has 0 aliphatic carbocycles. The highest BCUT2D eigenvalue weighted by Gasteiger charge is 2.02. The summed E-state index contributed by atoms with van der Waals surface area (Å²) in [6.45, 7) is 2.85. The standard InChI is InChI=1S/C13H16FN3S2/c1-2-12-16-13(19-17-12)15-7-8-18-9-10-5-3-4-6-11(10)14/h3-6H,2,7-9H2,1H3,(H,15,16,17). The minimum Gasteiger partial charge on any atom is -0.359 e. The van der Waals surface area contributed by atoms with Gasteiger partial charge >= 0.3 is 0 Å². The van der Waals surface area contributed by atoms with Crippen molar-refractivity contribution in [2.24, 2.45) is 0 Å². The van der Waals surface area contributed by atoms with Crippen LogP contribution in [0.3, 0.4) is 0 Å². The summed E-state index contributed by atoms with van der Waals surface area (Å²) in [4.78, 5) is 4.33. The van der Waals surface area contributed by atoms with Crippen LogP contribution in [0.4, 0.5) is 9.52 Å². The van der Waals surface area contributed by atoms with Crippen molar-refractivity contribution in [2.45, 2.75) is 19.1 Å². The first-order valence-corrected chi connectivity index (χ1v) is 8.10. The molecule has 0 atom stereocenters. The van der Waals surface area contributed by atoms with Crippen molar-refractivity contribution in [2.75, 3.05) is 17.6 Å². The van der Waals surface area contributed by atoms with E-state index in [0.29, 0.717) is 5.75 Å². The maximum atomic E-state index is 13.4. The minimum absolute atomic E-state index is 0.125. The first kappa shape index (κ1) is 14.3. The maximum absolute atomic E-state index is 13.4. The molecule has 0 unspecified atom stereocenters. The van der Waals surface area contributed by atoms with Crippen LogP contribution in [0.2, 0.25) is 0 Å². The molecule has 2 aromatic rings. The number of benzene rings is 1. The molecule has 1 N–H and O–H groups in total. The quantitative estimate of drug-likeness (QED) is 0.793. The van der Waals surface area contributed by atoms with Crippen LogP contribution in [0.5, 0.6) is 0 Å². The van der Waals surface area contributed by atoms with E-state index in [2.05, 4.69) is 14.7 Å². The fourth-order valence-corrected chi connectivity index (χ4v) is 3.02. The second-order valence-electron chi connectivity index (χ2n) is 3.94. The summed E-state index contributed by atoms with van der Waals surface area (Å²) in [6, 6.07) is 6.91. The van der Waals surface area contributed by atoms with Gasteiger partial charge in [-0.05, 0) is 11.6 Å². The summed E-state index contributed by atoms with van der Waals surface area (Å²) < 4.78 is 17.6. The number of nitrogens with zero attached hydrogens (tertiary/aromatic N) is 2. The molecule has 0 amide bonds. The predicted molar refractivity (Wildman–Crippen MR) is 80.3 cm³/mol. The van der Waals surface area contributed by atoms with Crippen LogP contribution in [0.1, 0.15) is 18.3 Å². The van der Waals surface area contributed by atoms with Crippen LogP contribution in [0.25, 0.3) is 0 Å². The molecule has 0 radical (unpaired) electrons. The molecule has 1 aromatic carbocycles. The highest BCUT2D eigenvalue weighted by molar-refractivity contribution is 7.98. The van der Waals surface area contributed by atoms with E-state index in [9.17, 15) is 4.39 Å². The van der Waals surface area contributed by atoms with E-state index >= 15 is 0 Å². The van der Waals surface area contributed by atoms with Gasteiger partial charge in [0.2, 0.25) is 5.13 Å². The van der Waals surface area contributed by atoms with Gasteiger partial charge in [0.05, 0.1) is 0 Å². The molecule has 0 fully saturated rings. The molecule has 0 bridgehead atoms. The van der Waals surface area contributed by atoms with Crippen molar-refractivity contribution in [1.82, 2.24) is 9.36 Å². The topological polar surface area (TPSA) is 37.8 Å². The van der Waals surface area contributed by atoms with E-state index < -0.39 is 0 Å². The van der Waals surface area contributed by atoms with Crippen LogP contribution in [0.15, 0.2) is 24.3 Å². The number of thioether (sulfide) groups is 1. The van der Waals surface area contributed by atoms with Gasteiger partial charge in [-0.25, -0.2) is 9.37 Å². The average molecular weight is 297 g/mol. The number of halogens is 1. The summed E-state index contributed by atoms with van der Waals surface area (Å²) in [5, 5.41) is 4.09. The van der Waals surface area contributed by atoms with Gasteiger partial charge in [-0.15, -0.1) is 0 Å². The second kappa shape index (κ2) is 7.45. The number of anilines is 1. The van der Waals surface area contributed by atoms with E-state index in [1.54, 1.807) is 17.8 Å². The first-order chi connectivity index (χ1) is 9.29. The third kappa shape index (κ3) is 4.47. The van der Waals surface area contributed by atoms with Crippen LogP contribution in [-0.4, -0.2) is 21.7 Å². The Hall–Kier alpha value is -1.14. The number of hydrogen-bond acceptors (Lipinski definition) is 5. The van der Waals surface area contributed by atoms with Gasteiger partial charge in [-0.3, -0.25) is 0 Å². The largest absolute Gasteiger partial charge is 0.359 e. The molecule has 1 aromatic heterocycles. The molecule has 6 heteroatoms. The number of rotatable bonds is 7. The summed E-state index contributed by atoms with van der Waals surface area (Å²) >= 11 is 3.10. The third-order valence-corrected chi connectivity index (χ3v) is 4.24. The zero-order chi connectivity index (χ0) is 13.5. The molecule has 2 rings (SSSR count). The van der Waals surface area contributed by atoms with Crippen LogP contribution < -0.4 is 5.32 Å². The Balaban J connectivity index is 1.66.